The van der Waals surface area contributed by atoms with E-state index in [1.807, 2.05) is 66.4 Å². The van der Waals surface area contributed by atoms with Crippen molar-refractivity contribution in [3.8, 4) is 17.1 Å². The molecule has 4 rings (SSSR count). The van der Waals surface area contributed by atoms with Crippen LogP contribution in [0, 0.1) is 6.92 Å². The highest BCUT2D eigenvalue weighted by Gasteiger charge is 2.33. The molecule has 176 valence electrons. The lowest BCUT2D eigenvalue weighted by Crippen LogP contribution is -2.42. The molecule has 6 nitrogen and oxygen atoms in total. The van der Waals surface area contributed by atoms with Crippen LogP contribution in [0.15, 0.2) is 65.1 Å². The summed E-state index contributed by atoms with van der Waals surface area (Å²) in [5.74, 6) is 2.32. The Morgan fingerprint density at radius 3 is 2.67 bits per heavy atom. The first-order valence-corrected chi connectivity index (χ1v) is 13.1. The monoisotopic (exact) mass is 489 g/mol. The molecule has 0 bridgehead atoms. The van der Waals surface area contributed by atoms with Gasteiger partial charge in [0.15, 0.2) is 9.84 Å². The molecule has 1 aliphatic heterocycles. The SMILES string of the molecule is Cc1ccc(OCC(O)CN(Cc2ccc(-c3cccc(Cl)c3)o2)C2CCS(=O)(=O)C2)cc1. The number of aryl methyl sites for hydroxylation is 1. The molecule has 3 aromatic rings. The van der Waals surface area contributed by atoms with Gasteiger partial charge in [-0.25, -0.2) is 8.42 Å². The maximum atomic E-state index is 12.1. The van der Waals surface area contributed by atoms with Crippen LogP contribution >= 0.6 is 11.6 Å². The van der Waals surface area contributed by atoms with Crippen LogP contribution in [0.3, 0.4) is 0 Å². The van der Waals surface area contributed by atoms with E-state index in [0.717, 1.165) is 11.1 Å². The number of sulfone groups is 1. The first kappa shape index (κ1) is 23.8. The van der Waals surface area contributed by atoms with E-state index in [0.29, 0.717) is 35.3 Å². The average Bonchev–Trinajstić information content (AvgIpc) is 3.39. The molecule has 1 aliphatic rings. The van der Waals surface area contributed by atoms with Crippen LogP contribution in [0.1, 0.15) is 17.7 Å². The molecular weight excluding hydrogens is 462 g/mol. The summed E-state index contributed by atoms with van der Waals surface area (Å²) in [6, 6.07) is 18.6. The molecule has 1 fully saturated rings. The fourth-order valence-electron chi connectivity index (χ4n) is 4.02. The first-order chi connectivity index (χ1) is 15.8. The third-order valence-corrected chi connectivity index (χ3v) is 7.75. The molecule has 1 saturated heterocycles. The number of benzene rings is 2. The Kier molecular flexibility index (Phi) is 7.44. The normalized spacial score (nSPS) is 18.5. The van der Waals surface area contributed by atoms with Gasteiger partial charge in [-0.05, 0) is 49.7 Å². The van der Waals surface area contributed by atoms with E-state index in [1.54, 1.807) is 6.07 Å². The Labute approximate surface area is 199 Å². The molecule has 0 aliphatic carbocycles. The highest BCUT2D eigenvalue weighted by atomic mass is 35.5. The fourth-order valence-corrected chi connectivity index (χ4v) is 5.97. The van der Waals surface area contributed by atoms with Crippen LogP contribution in [0.2, 0.25) is 5.02 Å². The Bertz CT molecular complexity index is 1180. The van der Waals surface area contributed by atoms with Gasteiger partial charge in [-0.1, -0.05) is 41.4 Å². The second-order valence-corrected chi connectivity index (χ2v) is 11.2. The van der Waals surface area contributed by atoms with E-state index in [1.165, 1.54) is 0 Å². The van der Waals surface area contributed by atoms with E-state index >= 15 is 0 Å². The van der Waals surface area contributed by atoms with Crippen molar-refractivity contribution in [3.63, 3.8) is 0 Å². The third-order valence-electron chi connectivity index (χ3n) is 5.76. The summed E-state index contributed by atoms with van der Waals surface area (Å²) >= 11 is 6.09. The lowest BCUT2D eigenvalue weighted by molar-refractivity contribution is 0.0498. The molecule has 2 unspecified atom stereocenters. The Hall–Kier alpha value is -2.32. The van der Waals surface area contributed by atoms with E-state index < -0.39 is 15.9 Å². The van der Waals surface area contributed by atoms with Gasteiger partial charge >= 0.3 is 0 Å². The van der Waals surface area contributed by atoms with Gasteiger partial charge in [0, 0.05) is 23.2 Å². The van der Waals surface area contributed by atoms with Crippen molar-refractivity contribution in [2.24, 2.45) is 0 Å². The van der Waals surface area contributed by atoms with Gasteiger partial charge in [0.25, 0.3) is 0 Å². The minimum atomic E-state index is -3.07. The molecular formula is C25H28ClNO5S. The van der Waals surface area contributed by atoms with E-state index in [9.17, 15) is 13.5 Å². The number of hydrogen-bond acceptors (Lipinski definition) is 6. The zero-order valence-corrected chi connectivity index (χ0v) is 20.1. The summed E-state index contributed by atoms with van der Waals surface area (Å²) in [7, 11) is -3.07. The predicted molar refractivity (Wildman–Crippen MR) is 129 cm³/mol. The summed E-state index contributed by atoms with van der Waals surface area (Å²) in [5.41, 5.74) is 2.00. The van der Waals surface area contributed by atoms with Crippen LogP contribution in [-0.2, 0) is 16.4 Å². The predicted octanol–water partition coefficient (Wildman–Crippen LogP) is 4.34. The maximum Gasteiger partial charge on any atom is 0.151 e. The zero-order valence-electron chi connectivity index (χ0n) is 18.5. The minimum absolute atomic E-state index is 0.0837. The smallest absolute Gasteiger partial charge is 0.151 e. The van der Waals surface area contributed by atoms with Crippen LogP contribution in [0.25, 0.3) is 11.3 Å². The molecule has 2 aromatic carbocycles. The van der Waals surface area contributed by atoms with Gasteiger partial charge < -0.3 is 14.3 Å². The van der Waals surface area contributed by atoms with Crippen LogP contribution in [0.4, 0.5) is 0 Å². The number of aliphatic hydroxyl groups excluding tert-OH is 1. The van der Waals surface area contributed by atoms with Crippen molar-refractivity contribution in [2.75, 3.05) is 24.7 Å². The lowest BCUT2D eigenvalue weighted by atomic mass is 10.2. The van der Waals surface area contributed by atoms with E-state index in [2.05, 4.69) is 0 Å². The van der Waals surface area contributed by atoms with Crippen molar-refractivity contribution in [2.45, 2.75) is 32.0 Å². The number of halogens is 1. The molecule has 0 saturated carbocycles. The molecule has 1 N–H and O–H groups in total. The number of rotatable bonds is 9. The molecule has 0 spiro atoms. The highest BCUT2D eigenvalue weighted by Crippen LogP contribution is 2.27. The highest BCUT2D eigenvalue weighted by molar-refractivity contribution is 7.91. The number of ether oxygens (including phenoxy) is 1. The number of hydrogen-bond donors (Lipinski definition) is 1. The van der Waals surface area contributed by atoms with Gasteiger partial charge in [-0.2, -0.15) is 0 Å². The summed E-state index contributed by atoms with van der Waals surface area (Å²) in [5, 5.41) is 11.3. The van der Waals surface area contributed by atoms with Gasteiger partial charge in [0.2, 0.25) is 0 Å². The van der Waals surface area contributed by atoms with E-state index in [4.69, 9.17) is 20.8 Å². The summed E-state index contributed by atoms with van der Waals surface area (Å²) in [6.07, 6.45) is -0.243. The number of nitrogens with zero attached hydrogens (tertiary/aromatic N) is 1. The summed E-state index contributed by atoms with van der Waals surface area (Å²) in [6.45, 7) is 2.78. The largest absolute Gasteiger partial charge is 0.491 e. The second kappa shape index (κ2) is 10.3. The first-order valence-electron chi connectivity index (χ1n) is 10.9. The van der Waals surface area contributed by atoms with E-state index in [-0.39, 0.29) is 30.7 Å². The summed E-state index contributed by atoms with van der Waals surface area (Å²) < 4.78 is 35.9. The fraction of sp³-hybridized carbons (Fsp3) is 0.360. The van der Waals surface area contributed by atoms with Crippen molar-refractivity contribution in [3.05, 3.63) is 77.0 Å². The van der Waals surface area contributed by atoms with Crippen LogP contribution in [-0.4, -0.2) is 55.2 Å². The molecule has 2 atom stereocenters. The Morgan fingerprint density at radius 2 is 1.97 bits per heavy atom. The van der Waals surface area contributed by atoms with Crippen molar-refractivity contribution < 1.29 is 22.7 Å². The minimum Gasteiger partial charge on any atom is -0.491 e. The molecule has 33 heavy (non-hydrogen) atoms. The van der Waals surface area contributed by atoms with Gasteiger partial charge in [0.05, 0.1) is 18.1 Å². The maximum absolute atomic E-state index is 12.1. The Balaban J connectivity index is 1.44. The third kappa shape index (κ3) is 6.60. The zero-order chi connectivity index (χ0) is 23.4. The van der Waals surface area contributed by atoms with Crippen molar-refractivity contribution >= 4 is 21.4 Å². The lowest BCUT2D eigenvalue weighted by Gasteiger charge is -2.29. The molecule has 0 amide bonds. The Morgan fingerprint density at radius 1 is 1.18 bits per heavy atom. The average molecular weight is 490 g/mol. The van der Waals surface area contributed by atoms with Gasteiger partial charge in [-0.3, -0.25) is 4.90 Å². The van der Waals surface area contributed by atoms with Crippen molar-refractivity contribution in [1.29, 1.82) is 0 Å². The molecule has 2 heterocycles. The molecule has 0 radical (unpaired) electrons. The topological polar surface area (TPSA) is 80.0 Å². The number of aliphatic hydroxyl groups is 1. The quantitative estimate of drug-likeness (QED) is 0.481. The van der Waals surface area contributed by atoms with Gasteiger partial charge in [-0.15, -0.1) is 0 Å². The van der Waals surface area contributed by atoms with Crippen molar-refractivity contribution in [1.82, 2.24) is 4.90 Å². The summed E-state index contributed by atoms with van der Waals surface area (Å²) in [4.78, 5) is 1.98. The van der Waals surface area contributed by atoms with Crippen LogP contribution < -0.4 is 4.74 Å². The van der Waals surface area contributed by atoms with Crippen LogP contribution in [0.5, 0.6) is 5.75 Å². The van der Waals surface area contributed by atoms with Gasteiger partial charge in [0.1, 0.15) is 30.0 Å². The number of furan rings is 1. The standard InChI is InChI=1S/C25H28ClNO5S/c1-18-5-7-23(8-6-18)31-16-22(28)14-27(21-11-12-33(29,30)17-21)15-24-9-10-25(32-24)19-3-2-4-20(26)13-19/h2-10,13,21-22,28H,11-12,14-17H2,1H3. The molecule has 1 aromatic heterocycles. The second-order valence-electron chi connectivity index (χ2n) is 8.54. The molecule has 8 heteroatoms.